The van der Waals surface area contributed by atoms with Gasteiger partial charge in [-0.1, -0.05) is 29.8 Å². The van der Waals surface area contributed by atoms with E-state index in [1.165, 1.54) is 22.3 Å². The highest BCUT2D eigenvalue weighted by molar-refractivity contribution is 6.13. The van der Waals surface area contributed by atoms with Gasteiger partial charge in [0.15, 0.2) is 5.75 Å². The highest BCUT2D eigenvalue weighted by Crippen LogP contribution is 2.43. The van der Waals surface area contributed by atoms with E-state index in [1.807, 2.05) is 13.0 Å². The van der Waals surface area contributed by atoms with Gasteiger partial charge in [-0.2, -0.15) is 0 Å². The Bertz CT molecular complexity index is 1150. The fourth-order valence-electron chi connectivity index (χ4n) is 3.88. The first-order valence-corrected chi connectivity index (χ1v) is 9.49. The quantitative estimate of drug-likeness (QED) is 0.745. The number of hydrogen-bond donors (Lipinski definition) is 1. The third kappa shape index (κ3) is 3.10. The SMILES string of the molecule is CC(=O)N(C)c1c2c(c(O)c3ncc(Cc4ccc(C)cc4)cc13)C(=O)N(C)C2. The number of fused-ring (bicyclic) bond motifs is 2. The number of phenols is 1. The molecule has 2 aromatic carbocycles. The van der Waals surface area contributed by atoms with Crippen molar-refractivity contribution in [3.05, 3.63) is 64.3 Å². The van der Waals surface area contributed by atoms with Crippen molar-refractivity contribution in [2.75, 3.05) is 19.0 Å². The summed E-state index contributed by atoms with van der Waals surface area (Å²) < 4.78 is 0. The molecule has 2 heterocycles. The van der Waals surface area contributed by atoms with E-state index in [9.17, 15) is 14.7 Å². The fraction of sp³-hybridized carbons (Fsp3) is 0.261. The maximum absolute atomic E-state index is 12.6. The van der Waals surface area contributed by atoms with Gasteiger partial charge in [0.05, 0.1) is 11.3 Å². The van der Waals surface area contributed by atoms with Crippen LogP contribution in [0.3, 0.4) is 0 Å². The molecule has 148 valence electrons. The number of anilines is 1. The van der Waals surface area contributed by atoms with Crippen LogP contribution < -0.4 is 4.90 Å². The van der Waals surface area contributed by atoms with Crippen LogP contribution in [0.5, 0.6) is 5.75 Å². The third-order valence-electron chi connectivity index (χ3n) is 5.54. The summed E-state index contributed by atoms with van der Waals surface area (Å²) in [5, 5.41) is 11.5. The van der Waals surface area contributed by atoms with Gasteiger partial charge in [-0.3, -0.25) is 14.6 Å². The monoisotopic (exact) mass is 389 g/mol. The standard InChI is InChI=1S/C23H23N3O3/c1-13-5-7-15(8-6-13)9-16-10-17-20(24-11-16)22(28)19-18(12-25(3)23(19)29)21(17)26(4)14(2)27/h5-8,10-11,28H,9,12H2,1-4H3. The first-order chi connectivity index (χ1) is 13.8. The Morgan fingerprint density at radius 1 is 1.24 bits per heavy atom. The minimum atomic E-state index is -0.261. The lowest BCUT2D eigenvalue weighted by atomic mass is 9.97. The molecule has 6 nitrogen and oxygen atoms in total. The average Bonchev–Trinajstić information content (AvgIpc) is 2.98. The molecule has 0 spiro atoms. The zero-order chi connectivity index (χ0) is 20.9. The number of aryl methyl sites for hydroxylation is 1. The maximum atomic E-state index is 12.6. The molecule has 1 aliphatic heterocycles. The first-order valence-electron chi connectivity index (χ1n) is 9.49. The molecule has 0 radical (unpaired) electrons. The molecule has 2 amide bonds. The lowest BCUT2D eigenvalue weighted by Gasteiger charge is -2.22. The van der Waals surface area contributed by atoms with Crippen LogP contribution >= 0.6 is 0 Å². The second-order valence-corrected chi connectivity index (χ2v) is 7.69. The second-order valence-electron chi connectivity index (χ2n) is 7.69. The molecule has 0 fully saturated rings. The van der Waals surface area contributed by atoms with Gasteiger partial charge in [0.2, 0.25) is 5.91 Å². The Balaban J connectivity index is 1.93. The number of pyridine rings is 1. The van der Waals surface area contributed by atoms with E-state index in [0.29, 0.717) is 35.1 Å². The van der Waals surface area contributed by atoms with Crippen molar-refractivity contribution in [1.29, 1.82) is 0 Å². The lowest BCUT2D eigenvalue weighted by molar-refractivity contribution is -0.116. The molecule has 6 heteroatoms. The van der Waals surface area contributed by atoms with Gasteiger partial charge < -0.3 is 14.9 Å². The smallest absolute Gasteiger partial charge is 0.258 e. The molecule has 29 heavy (non-hydrogen) atoms. The summed E-state index contributed by atoms with van der Waals surface area (Å²) in [5.41, 5.74) is 5.19. The molecule has 4 rings (SSSR count). The van der Waals surface area contributed by atoms with E-state index < -0.39 is 0 Å². The van der Waals surface area contributed by atoms with Crippen LogP contribution in [-0.2, 0) is 17.8 Å². The summed E-state index contributed by atoms with van der Waals surface area (Å²) in [4.78, 5) is 32.3. The summed E-state index contributed by atoms with van der Waals surface area (Å²) in [7, 11) is 3.37. The Labute approximate surface area is 169 Å². The van der Waals surface area contributed by atoms with Crippen molar-refractivity contribution in [3.8, 4) is 5.75 Å². The average molecular weight is 389 g/mol. The number of nitrogens with zero attached hydrogens (tertiary/aromatic N) is 3. The van der Waals surface area contributed by atoms with E-state index in [0.717, 1.165) is 11.1 Å². The van der Waals surface area contributed by atoms with Crippen LogP contribution in [0.2, 0.25) is 0 Å². The number of benzene rings is 2. The number of phenolic OH excluding ortho intramolecular Hbond substituents is 1. The Hall–Kier alpha value is -3.41. The predicted molar refractivity (Wildman–Crippen MR) is 112 cm³/mol. The highest BCUT2D eigenvalue weighted by atomic mass is 16.3. The van der Waals surface area contributed by atoms with Crippen LogP contribution in [0.4, 0.5) is 5.69 Å². The number of hydrogen-bond acceptors (Lipinski definition) is 4. The van der Waals surface area contributed by atoms with Crippen LogP contribution in [0.15, 0.2) is 36.5 Å². The zero-order valence-electron chi connectivity index (χ0n) is 17.0. The van der Waals surface area contributed by atoms with Crippen molar-refractivity contribution >= 4 is 28.4 Å². The van der Waals surface area contributed by atoms with E-state index >= 15 is 0 Å². The molecule has 0 atom stereocenters. The van der Waals surface area contributed by atoms with Gasteiger partial charge in [0.25, 0.3) is 5.91 Å². The summed E-state index contributed by atoms with van der Waals surface area (Å²) >= 11 is 0. The summed E-state index contributed by atoms with van der Waals surface area (Å²) in [6.45, 7) is 3.87. The molecule has 0 saturated heterocycles. The largest absolute Gasteiger partial charge is 0.505 e. The van der Waals surface area contributed by atoms with Crippen LogP contribution in [0, 0.1) is 6.92 Å². The number of amides is 2. The van der Waals surface area contributed by atoms with Gasteiger partial charge in [0.1, 0.15) is 5.52 Å². The molecule has 0 bridgehead atoms. The topological polar surface area (TPSA) is 73.7 Å². The molecule has 3 aromatic rings. The van der Waals surface area contributed by atoms with Crippen molar-refractivity contribution in [1.82, 2.24) is 9.88 Å². The van der Waals surface area contributed by atoms with Crippen molar-refractivity contribution in [2.24, 2.45) is 0 Å². The van der Waals surface area contributed by atoms with Crippen LogP contribution in [-0.4, -0.2) is 40.9 Å². The number of rotatable bonds is 3. The van der Waals surface area contributed by atoms with E-state index in [-0.39, 0.29) is 23.1 Å². The summed E-state index contributed by atoms with van der Waals surface area (Å²) in [5.74, 6) is -0.528. The van der Waals surface area contributed by atoms with Gasteiger partial charge in [0, 0.05) is 44.7 Å². The molecule has 0 saturated carbocycles. The molecular formula is C23H23N3O3. The normalized spacial score (nSPS) is 13.1. The first kappa shape index (κ1) is 18.9. The number of carbonyl (C=O) groups excluding carboxylic acids is 2. The Kier molecular flexibility index (Phi) is 4.49. The number of aromatic hydroxyl groups is 1. The third-order valence-corrected chi connectivity index (χ3v) is 5.54. The Morgan fingerprint density at radius 2 is 1.93 bits per heavy atom. The van der Waals surface area contributed by atoms with Gasteiger partial charge in [-0.15, -0.1) is 0 Å². The fourth-order valence-corrected chi connectivity index (χ4v) is 3.88. The van der Waals surface area contributed by atoms with Crippen LogP contribution in [0.1, 0.15) is 39.5 Å². The number of carbonyl (C=O) groups is 2. The summed E-state index contributed by atoms with van der Waals surface area (Å²) in [6, 6.07) is 10.3. The van der Waals surface area contributed by atoms with Crippen LogP contribution in [0.25, 0.3) is 10.9 Å². The molecule has 1 aliphatic rings. The van der Waals surface area contributed by atoms with Crippen molar-refractivity contribution in [3.63, 3.8) is 0 Å². The maximum Gasteiger partial charge on any atom is 0.258 e. The number of aromatic nitrogens is 1. The van der Waals surface area contributed by atoms with E-state index in [4.69, 9.17) is 0 Å². The Morgan fingerprint density at radius 3 is 2.59 bits per heavy atom. The summed E-state index contributed by atoms with van der Waals surface area (Å²) in [6.07, 6.45) is 2.40. The van der Waals surface area contributed by atoms with Gasteiger partial charge >= 0.3 is 0 Å². The minimum Gasteiger partial charge on any atom is -0.505 e. The molecule has 0 unspecified atom stereocenters. The molecule has 1 aromatic heterocycles. The van der Waals surface area contributed by atoms with Crippen molar-refractivity contribution < 1.29 is 14.7 Å². The molecular weight excluding hydrogens is 366 g/mol. The van der Waals surface area contributed by atoms with Crippen molar-refractivity contribution in [2.45, 2.75) is 26.8 Å². The lowest BCUT2D eigenvalue weighted by Crippen LogP contribution is -2.24. The predicted octanol–water partition coefficient (Wildman–Crippen LogP) is 3.41. The van der Waals surface area contributed by atoms with E-state index in [2.05, 4.69) is 29.2 Å². The van der Waals surface area contributed by atoms with Gasteiger partial charge in [-0.25, -0.2) is 0 Å². The molecule has 1 N–H and O–H groups in total. The van der Waals surface area contributed by atoms with Gasteiger partial charge in [-0.05, 0) is 30.5 Å². The molecule has 0 aliphatic carbocycles. The minimum absolute atomic E-state index is 0.119. The second kappa shape index (κ2) is 6.88. The van der Waals surface area contributed by atoms with E-state index in [1.54, 1.807) is 20.3 Å². The zero-order valence-corrected chi connectivity index (χ0v) is 17.0. The highest BCUT2D eigenvalue weighted by Gasteiger charge is 2.34.